The van der Waals surface area contributed by atoms with Crippen LogP contribution in [0.25, 0.3) is 0 Å². The molecular weight excluding hydrogens is 322 g/mol. The third kappa shape index (κ3) is 3.43. The molecule has 1 aromatic rings. The molecule has 21 heavy (non-hydrogen) atoms. The van der Waals surface area contributed by atoms with Crippen LogP contribution in [0.4, 0.5) is 4.79 Å². The molecule has 1 saturated heterocycles. The van der Waals surface area contributed by atoms with Gasteiger partial charge in [-0.15, -0.1) is 0 Å². The molecule has 1 heterocycles. The van der Waals surface area contributed by atoms with E-state index in [1.54, 1.807) is 0 Å². The van der Waals surface area contributed by atoms with E-state index in [1.807, 2.05) is 5.32 Å². The Kier molecular flexibility index (Phi) is 4.35. The standard InChI is InChI=1S/C11H12ClN3O5S/c1-20-9-3-2-6(4-7(9)12)21(18,19)13-5-8-10(16)15-11(17)14-8/h2-4,8,13H,5H2,1H3,(H2,14,15,16,17). The van der Waals surface area contributed by atoms with Crippen LogP contribution >= 0.6 is 11.6 Å². The molecule has 0 saturated carbocycles. The predicted octanol–water partition coefficient (Wildman–Crippen LogP) is -0.165. The molecular formula is C11H12ClN3O5S. The molecule has 0 bridgehead atoms. The average Bonchev–Trinajstić information content (AvgIpc) is 2.74. The van der Waals surface area contributed by atoms with Gasteiger partial charge in [-0.05, 0) is 18.2 Å². The number of urea groups is 1. The van der Waals surface area contributed by atoms with Gasteiger partial charge < -0.3 is 10.1 Å². The number of hydrogen-bond acceptors (Lipinski definition) is 5. The van der Waals surface area contributed by atoms with Gasteiger partial charge in [0.25, 0.3) is 5.91 Å². The lowest BCUT2D eigenvalue weighted by Gasteiger charge is -2.11. The zero-order valence-electron chi connectivity index (χ0n) is 10.8. The van der Waals surface area contributed by atoms with Crippen molar-refractivity contribution < 1.29 is 22.7 Å². The summed E-state index contributed by atoms with van der Waals surface area (Å²) in [5.41, 5.74) is 0. The van der Waals surface area contributed by atoms with Crippen molar-refractivity contribution in [2.45, 2.75) is 10.9 Å². The minimum atomic E-state index is -3.86. The van der Waals surface area contributed by atoms with Gasteiger partial charge in [0, 0.05) is 6.54 Å². The van der Waals surface area contributed by atoms with Gasteiger partial charge in [0.1, 0.15) is 11.8 Å². The number of sulfonamides is 1. The molecule has 8 nitrogen and oxygen atoms in total. The molecule has 1 aliphatic rings. The van der Waals surface area contributed by atoms with E-state index in [0.717, 1.165) is 0 Å². The Morgan fingerprint density at radius 1 is 1.38 bits per heavy atom. The topological polar surface area (TPSA) is 114 Å². The van der Waals surface area contributed by atoms with Gasteiger partial charge in [-0.3, -0.25) is 10.1 Å². The molecule has 1 aliphatic heterocycles. The van der Waals surface area contributed by atoms with Crippen LogP contribution in [0.1, 0.15) is 0 Å². The predicted molar refractivity (Wildman–Crippen MR) is 73.7 cm³/mol. The van der Waals surface area contributed by atoms with Crippen LogP contribution < -0.4 is 20.1 Å². The van der Waals surface area contributed by atoms with Crippen molar-refractivity contribution in [1.82, 2.24) is 15.4 Å². The smallest absolute Gasteiger partial charge is 0.322 e. The van der Waals surface area contributed by atoms with E-state index in [0.29, 0.717) is 5.75 Å². The number of carbonyl (C=O) groups excluding carboxylic acids is 2. The van der Waals surface area contributed by atoms with Crippen molar-refractivity contribution in [3.8, 4) is 5.75 Å². The Bertz CT molecular complexity index is 691. The summed E-state index contributed by atoms with van der Waals surface area (Å²) in [4.78, 5) is 22.2. The summed E-state index contributed by atoms with van der Waals surface area (Å²) in [6, 6.07) is 2.37. The summed E-state index contributed by atoms with van der Waals surface area (Å²) in [5.74, 6) is -0.242. The lowest BCUT2D eigenvalue weighted by Crippen LogP contribution is -2.41. The highest BCUT2D eigenvalue weighted by molar-refractivity contribution is 7.89. The second kappa shape index (κ2) is 5.88. The Morgan fingerprint density at radius 3 is 2.62 bits per heavy atom. The van der Waals surface area contributed by atoms with Crippen molar-refractivity contribution in [3.05, 3.63) is 23.2 Å². The maximum atomic E-state index is 12.1. The van der Waals surface area contributed by atoms with Crippen molar-refractivity contribution in [3.63, 3.8) is 0 Å². The molecule has 1 aromatic carbocycles. The normalized spacial score (nSPS) is 18.3. The van der Waals surface area contributed by atoms with E-state index in [4.69, 9.17) is 16.3 Å². The second-order valence-electron chi connectivity index (χ2n) is 4.16. The van der Waals surface area contributed by atoms with Gasteiger partial charge in [-0.1, -0.05) is 11.6 Å². The number of halogens is 1. The number of ether oxygens (including phenoxy) is 1. The zero-order valence-corrected chi connectivity index (χ0v) is 12.4. The summed E-state index contributed by atoms with van der Waals surface area (Å²) in [7, 11) is -2.45. The molecule has 0 spiro atoms. The Hall–Kier alpha value is -1.84. The average molecular weight is 334 g/mol. The molecule has 10 heteroatoms. The summed E-state index contributed by atoms with van der Waals surface area (Å²) in [6.45, 7) is -0.260. The third-order valence-corrected chi connectivity index (χ3v) is 4.49. The molecule has 3 amide bonds. The minimum absolute atomic E-state index is 0.0713. The van der Waals surface area contributed by atoms with Gasteiger partial charge in [0.15, 0.2) is 0 Å². The van der Waals surface area contributed by atoms with Gasteiger partial charge in [-0.25, -0.2) is 17.9 Å². The lowest BCUT2D eigenvalue weighted by atomic mass is 10.3. The fourth-order valence-corrected chi connectivity index (χ4v) is 3.09. The Morgan fingerprint density at radius 2 is 2.10 bits per heavy atom. The highest BCUT2D eigenvalue weighted by Crippen LogP contribution is 2.26. The van der Waals surface area contributed by atoms with Crippen molar-refractivity contribution in [2.75, 3.05) is 13.7 Å². The van der Waals surface area contributed by atoms with E-state index in [1.165, 1.54) is 25.3 Å². The van der Waals surface area contributed by atoms with E-state index >= 15 is 0 Å². The largest absolute Gasteiger partial charge is 0.495 e. The number of amides is 3. The van der Waals surface area contributed by atoms with Gasteiger partial charge in [0.2, 0.25) is 10.0 Å². The van der Waals surface area contributed by atoms with Crippen LogP contribution in [0.5, 0.6) is 5.75 Å². The van der Waals surface area contributed by atoms with E-state index < -0.39 is 28.0 Å². The Labute approximate surface area is 125 Å². The second-order valence-corrected chi connectivity index (χ2v) is 6.34. The summed E-state index contributed by atoms with van der Waals surface area (Å²) in [5, 5.41) is 4.44. The third-order valence-electron chi connectivity index (χ3n) is 2.77. The monoisotopic (exact) mass is 333 g/mol. The summed E-state index contributed by atoms with van der Waals surface area (Å²) < 4.78 is 31.3. The number of nitrogens with one attached hydrogen (secondary N) is 3. The van der Waals surface area contributed by atoms with Crippen LogP contribution in [0.15, 0.2) is 23.1 Å². The molecule has 114 valence electrons. The van der Waals surface area contributed by atoms with Gasteiger partial charge >= 0.3 is 6.03 Å². The summed E-state index contributed by atoms with van der Waals surface area (Å²) >= 11 is 5.87. The minimum Gasteiger partial charge on any atom is -0.495 e. The van der Waals surface area contributed by atoms with Crippen LogP contribution in [0.2, 0.25) is 5.02 Å². The lowest BCUT2D eigenvalue weighted by molar-refractivity contribution is -0.120. The quantitative estimate of drug-likeness (QED) is 0.648. The summed E-state index contributed by atoms with van der Waals surface area (Å²) in [6.07, 6.45) is 0. The fraction of sp³-hybridized carbons (Fsp3) is 0.273. The van der Waals surface area contributed by atoms with E-state index in [9.17, 15) is 18.0 Å². The van der Waals surface area contributed by atoms with E-state index in [-0.39, 0.29) is 16.5 Å². The maximum Gasteiger partial charge on any atom is 0.322 e. The van der Waals surface area contributed by atoms with Crippen LogP contribution in [-0.2, 0) is 14.8 Å². The number of hydrogen-bond donors (Lipinski definition) is 3. The first-order chi connectivity index (χ1) is 9.83. The SMILES string of the molecule is COc1ccc(S(=O)(=O)NCC2NC(=O)NC2=O)cc1Cl. The molecule has 0 aliphatic carbocycles. The number of methoxy groups -OCH3 is 1. The first kappa shape index (κ1) is 15.5. The first-order valence-electron chi connectivity index (χ1n) is 5.78. The van der Waals surface area contributed by atoms with E-state index in [2.05, 4.69) is 10.0 Å². The van der Waals surface area contributed by atoms with Crippen LogP contribution in [0, 0.1) is 0 Å². The zero-order chi connectivity index (χ0) is 15.6. The van der Waals surface area contributed by atoms with Crippen molar-refractivity contribution in [1.29, 1.82) is 0 Å². The molecule has 2 rings (SSSR count). The number of rotatable bonds is 5. The molecule has 3 N–H and O–H groups in total. The highest BCUT2D eigenvalue weighted by Gasteiger charge is 2.30. The molecule has 1 fully saturated rings. The van der Waals surface area contributed by atoms with Crippen molar-refractivity contribution >= 4 is 33.6 Å². The van der Waals surface area contributed by atoms with Gasteiger partial charge in [-0.2, -0.15) is 0 Å². The molecule has 1 atom stereocenters. The molecule has 0 aromatic heterocycles. The fourth-order valence-electron chi connectivity index (χ4n) is 1.69. The number of imide groups is 1. The maximum absolute atomic E-state index is 12.1. The molecule has 0 radical (unpaired) electrons. The number of carbonyl (C=O) groups is 2. The van der Waals surface area contributed by atoms with Gasteiger partial charge in [0.05, 0.1) is 17.0 Å². The number of benzene rings is 1. The van der Waals surface area contributed by atoms with Crippen molar-refractivity contribution in [2.24, 2.45) is 0 Å². The highest BCUT2D eigenvalue weighted by atomic mass is 35.5. The van der Waals surface area contributed by atoms with Crippen LogP contribution in [-0.4, -0.2) is 40.1 Å². The first-order valence-corrected chi connectivity index (χ1v) is 7.64. The molecule has 1 unspecified atom stereocenters. The Balaban J connectivity index is 2.10. The van der Waals surface area contributed by atoms with Crippen LogP contribution in [0.3, 0.4) is 0 Å².